The van der Waals surface area contributed by atoms with Crippen LogP contribution < -0.4 is 5.73 Å². The number of rotatable bonds is 3. The van der Waals surface area contributed by atoms with Gasteiger partial charge in [-0.15, -0.1) is 0 Å². The zero-order valence-corrected chi connectivity index (χ0v) is 8.89. The monoisotopic (exact) mass is 236 g/mol. The highest BCUT2D eigenvalue weighted by Gasteiger charge is 2.05. The third kappa shape index (κ3) is 2.31. The highest BCUT2D eigenvalue weighted by atomic mass is 32.2. The SMILES string of the molecule is N/C(=N/O)c1cc(Sc2ncco2)ccn1. The summed E-state index contributed by atoms with van der Waals surface area (Å²) in [6, 6.07) is 3.47. The minimum Gasteiger partial charge on any atom is -0.440 e. The summed E-state index contributed by atoms with van der Waals surface area (Å²) in [6.07, 6.45) is 4.63. The van der Waals surface area contributed by atoms with Crippen LogP contribution in [0.3, 0.4) is 0 Å². The maximum Gasteiger partial charge on any atom is 0.260 e. The second kappa shape index (κ2) is 4.67. The molecule has 2 heterocycles. The van der Waals surface area contributed by atoms with Crippen LogP contribution in [0.15, 0.2) is 50.5 Å². The Morgan fingerprint density at radius 2 is 2.31 bits per heavy atom. The zero-order valence-electron chi connectivity index (χ0n) is 8.07. The minimum absolute atomic E-state index is 0.0325. The van der Waals surface area contributed by atoms with Crippen LogP contribution in [0.2, 0.25) is 0 Å². The molecule has 3 N–H and O–H groups in total. The zero-order chi connectivity index (χ0) is 11.4. The van der Waals surface area contributed by atoms with Crippen molar-refractivity contribution in [1.82, 2.24) is 9.97 Å². The van der Waals surface area contributed by atoms with Crippen molar-refractivity contribution in [3.63, 3.8) is 0 Å². The molecule has 0 fully saturated rings. The number of hydrogen-bond donors (Lipinski definition) is 2. The molecule has 0 aliphatic rings. The first-order valence-electron chi connectivity index (χ1n) is 4.31. The standard InChI is InChI=1S/C9H8N4O2S/c10-8(13-14)7-5-6(1-2-11-7)16-9-12-3-4-15-9/h1-5,14H,(H2,10,13). The fraction of sp³-hybridized carbons (Fsp3) is 0. The van der Waals surface area contributed by atoms with E-state index in [9.17, 15) is 0 Å². The molecule has 0 saturated heterocycles. The summed E-state index contributed by atoms with van der Waals surface area (Å²) >= 11 is 1.33. The van der Waals surface area contributed by atoms with Gasteiger partial charge < -0.3 is 15.4 Å². The average molecular weight is 236 g/mol. The van der Waals surface area contributed by atoms with Crippen molar-refractivity contribution >= 4 is 17.6 Å². The number of nitrogens with zero attached hydrogens (tertiary/aromatic N) is 3. The van der Waals surface area contributed by atoms with E-state index in [4.69, 9.17) is 15.4 Å². The van der Waals surface area contributed by atoms with Gasteiger partial charge in [0.1, 0.15) is 12.0 Å². The molecule has 0 aliphatic heterocycles. The summed E-state index contributed by atoms with van der Waals surface area (Å²) in [7, 11) is 0. The van der Waals surface area contributed by atoms with Gasteiger partial charge in [0.15, 0.2) is 5.84 Å². The van der Waals surface area contributed by atoms with Gasteiger partial charge in [-0.3, -0.25) is 4.98 Å². The Morgan fingerprint density at radius 1 is 1.44 bits per heavy atom. The Morgan fingerprint density at radius 3 is 3.00 bits per heavy atom. The molecular formula is C9H8N4O2S. The van der Waals surface area contributed by atoms with E-state index in [0.29, 0.717) is 10.9 Å². The number of hydrogen-bond acceptors (Lipinski definition) is 6. The van der Waals surface area contributed by atoms with E-state index in [1.807, 2.05) is 0 Å². The second-order valence-corrected chi connectivity index (χ2v) is 3.79. The van der Waals surface area contributed by atoms with Gasteiger partial charge in [-0.25, -0.2) is 4.98 Å². The molecule has 82 valence electrons. The first kappa shape index (κ1) is 10.5. The molecule has 0 bridgehead atoms. The van der Waals surface area contributed by atoms with Crippen LogP contribution in [0.1, 0.15) is 5.69 Å². The number of aromatic nitrogens is 2. The molecule has 0 spiro atoms. The smallest absolute Gasteiger partial charge is 0.260 e. The number of oxime groups is 1. The first-order valence-corrected chi connectivity index (χ1v) is 5.12. The van der Waals surface area contributed by atoms with Crippen molar-refractivity contribution in [3.05, 3.63) is 36.5 Å². The molecular weight excluding hydrogens is 228 g/mol. The van der Waals surface area contributed by atoms with Crippen LogP contribution in [0.4, 0.5) is 0 Å². The van der Waals surface area contributed by atoms with Crippen molar-refractivity contribution in [2.75, 3.05) is 0 Å². The quantitative estimate of drug-likeness (QED) is 0.361. The van der Waals surface area contributed by atoms with Gasteiger partial charge in [0.25, 0.3) is 5.22 Å². The topological polar surface area (TPSA) is 97.5 Å². The molecule has 6 nitrogen and oxygen atoms in total. The third-order valence-electron chi connectivity index (χ3n) is 1.72. The van der Waals surface area contributed by atoms with Crippen molar-refractivity contribution < 1.29 is 9.62 Å². The van der Waals surface area contributed by atoms with E-state index < -0.39 is 0 Å². The van der Waals surface area contributed by atoms with Crippen molar-refractivity contribution in [1.29, 1.82) is 0 Å². The summed E-state index contributed by atoms with van der Waals surface area (Å²) in [4.78, 5) is 8.78. The lowest BCUT2D eigenvalue weighted by Gasteiger charge is -2.00. The van der Waals surface area contributed by atoms with Gasteiger partial charge in [-0.2, -0.15) is 0 Å². The number of pyridine rings is 1. The lowest BCUT2D eigenvalue weighted by Crippen LogP contribution is -2.14. The summed E-state index contributed by atoms with van der Waals surface area (Å²) in [6.45, 7) is 0. The molecule has 0 aliphatic carbocycles. The third-order valence-corrected chi connectivity index (χ3v) is 2.58. The van der Waals surface area contributed by atoms with Gasteiger partial charge in [-0.1, -0.05) is 5.16 Å². The molecule has 7 heteroatoms. The molecule has 2 aromatic rings. The summed E-state index contributed by atoms with van der Waals surface area (Å²) < 4.78 is 5.08. The molecule has 0 radical (unpaired) electrons. The van der Waals surface area contributed by atoms with Crippen LogP contribution >= 0.6 is 11.8 Å². The Bertz CT molecular complexity index is 498. The van der Waals surface area contributed by atoms with Gasteiger partial charge in [0.2, 0.25) is 0 Å². The van der Waals surface area contributed by atoms with Crippen LogP contribution in [-0.2, 0) is 0 Å². The molecule has 0 amide bonds. The average Bonchev–Trinajstić information content (AvgIpc) is 2.81. The number of oxazole rings is 1. The van der Waals surface area contributed by atoms with E-state index >= 15 is 0 Å². The van der Waals surface area contributed by atoms with Crippen LogP contribution in [-0.4, -0.2) is 21.0 Å². The lowest BCUT2D eigenvalue weighted by atomic mass is 10.3. The maximum atomic E-state index is 8.52. The van der Waals surface area contributed by atoms with Gasteiger partial charge >= 0.3 is 0 Å². The van der Waals surface area contributed by atoms with Crippen molar-refractivity contribution in [2.24, 2.45) is 10.9 Å². The lowest BCUT2D eigenvalue weighted by molar-refractivity contribution is 0.318. The van der Waals surface area contributed by atoms with E-state index in [1.54, 1.807) is 24.5 Å². The van der Waals surface area contributed by atoms with Crippen molar-refractivity contribution in [2.45, 2.75) is 10.1 Å². The maximum absolute atomic E-state index is 8.52. The molecule has 0 unspecified atom stereocenters. The van der Waals surface area contributed by atoms with Gasteiger partial charge in [0, 0.05) is 11.1 Å². The van der Waals surface area contributed by atoms with Gasteiger partial charge in [-0.05, 0) is 23.9 Å². The predicted molar refractivity (Wildman–Crippen MR) is 57.4 cm³/mol. The normalized spacial score (nSPS) is 11.6. The number of nitrogens with two attached hydrogens (primary N) is 1. The molecule has 2 rings (SSSR count). The highest BCUT2D eigenvalue weighted by Crippen LogP contribution is 2.25. The highest BCUT2D eigenvalue weighted by molar-refractivity contribution is 7.99. The fourth-order valence-electron chi connectivity index (χ4n) is 1.03. The molecule has 0 aromatic carbocycles. The molecule has 2 aromatic heterocycles. The van der Waals surface area contributed by atoms with E-state index in [0.717, 1.165) is 4.90 Å². The second-order valence-electron chi connectivity index (χ2n) is 2.76. The summed E-state index contributed by atoms with van der Waals surface area (Å²) in [5.41, 5.74) is 5.83. The fourth-order valence-corrected chi connectivity index (χ4v) is 1.75. The minimum atomic E-state index is -0.0325. The molecule has 0 atom stereocenters. The van der Waals surface area contributed by atoms with E-state index in [2.05, 4.69) is 15.1 Å². The number of amidine groups is 1. The van der Waals surface area contributed by atoms with E-state index in [1.165, 1.54) is 18.0 Å². The molecule has 16 heavy (non-hydrogen) atoms. The first-order chi connectivity index (χ1) is 7.79. The Hall–Kier alpha value is -2.02. The van der Waals surface area contributed by atoms with Crippen LogP contribution in [0, 0.1) is 0 Å². The Labute approximate surface area is 95.2 Å². The predicted octanol–water partition coefficient (Wildman–Crippen LogP) is 1.32. The summed E-state index contributed by atoms with van der Waals surface area (Å²) in [5, 5.41) is 11.9. The largest absolute Gasteiger partial charge is 0.440 e. The summed E-state index contributed by atoms with van der Waals surface area (Å²) in [5.74, 6) is -0.0325. The van der Waals surface area contributed by atoms with E-state index in [-0.39, 0.29) is 5.84 Å². The Balaban J connectivity index is 2.23. The van der Waals surface area contributed by atoms with Gasteiger partial charge in [0.05, 0.1) is 6.20 Å². The van der Waals surface area contributed by atoms with Crippen LogP contribution in [0.5, 0.6) is 0 Å². The Kier molecular flexibility index (Phi) is 3.06. The van der Waals surface area contributed by atoms with Crippen molar-refractivity contribution in [3.8, 4) is 0 Å². The van der Waals surface area contributed by atoms with Crippen LogP contribution in [0.25, 0.3) is 0 Å². The molecule has 0 saturated carbocycles.